The van der Waals surface area contributed by atoms with Crippen LogP contribution in [0.15, 0.2) is 36.4 Å². The maximum Gasteiger partial charge on any atom is 0.338 e. The Morgan fingerprint density at radius 3 is 1.19 bits per heavy atom. The number of hydrogen-bond donors (Lipinski definition) is 0. The fourth-order valence-electron chi connectivity index (χ4n) is 4.75. The molecule has 0 atom stereocenters. The van der Waals surface area contributed by atoms with Gasteiger partial charge in [-0.05, 0) is 86.4 Å². The van der Waals surface area contributed by atoms with Crippen molar-refractivity contribution in [3.8, 4) is 0 Å². The Labute approximate surface area is 193 Å². The van der Waals surface area contributed by atoms with Crippen molar-refractivity contribution < 1.29 is 19.1 Å². The van der Waals surface area contributed by atoms with Crippen LogP contribution in [0.4, 0.5) is 0 Å². The number of ether oxygens (including phenoxy) is 2. The molecule has 2 rings (SSSR count). The molecule has 0 bridgehead atoms. The van der Waals surface area contributed by atoms with Gasteiger partial charge in [0.15, 0.2) is 0 Å². The Hall–Kier alpha value is -2.36. The summed E-state index contributed by atoms with van der Waals surface area (Å²) in [7, 11) is 0. The van der Waals surface area contributed by atoms with E-state index in [2.05, 4.69) is 41.5 Å². The van der Waals surface area contributed by atoms with Gasteiger partial charge < -0.3 is 9.47 Å². The molecule has 0 aliphatic carbocycles. The summed E-state index contributed by atoms with van der Waals surface area (Å²) in [4.78, 5) is 25.5. The smallest absolute Gasteiger partial charge is 0.338 e. The van der Waals surface area contributed by atoms with E-state index in [1.54, 1.807) is 12.1 Å². The highest BCUT2D eigenvalue weighted by atomic mass is 16.6. The normalized spacial score (nSPS) is 13.2. The van der Waals surface area contributed by atoms with Gasteiger partial charge in [0.25, 0.3) is 0 Å². The molecule has 4 heteroatoms. The molecule has 32 heavy (non-hydrogen) atoms. The topological polar surface area (TPSA) is 52.6 Å². The third-order valence-electron chi connectivity index (χ3n) is 4.96. The van der Waals surface area contributed by atoms with Crippen LogP contribution in [0.1, 0.15) is 103 Å². The lowest BCUT2D eigenvalue weighted by Gasteiger charge is -2.32. The minimum Gasteiger partial charge on any atom is -0.456 e. The minimum atomic E-state index is -0.558. The van der Waals surface area contributed by atoms with E-state index in [-0.39, 0.29) is 22.8 Å². The van der Waals surface area contributed by atoms with Gasteiger partial charge in [-0.3, -0.25) is 0 Å². The zero-order valence-electron chi connectivity index (χ0n) is 21.5. The molecule has 0 aliphatic rings. The molecule has 0 N–H and O–H groups in total. The molecule has 2 aromatic carbocycles. The van der Waals surface area contributed by atoms with Gasteiger partial charge in [0.2, 0.25) is 0 Å². The standard InChI is InChI=1S/C28H40O4/c1-25(2,3)17-27(7,8)31-23(29)21-13-11-20-16-22(14-12-19(20)15-21)24(30)32-28(9,10)18-26(4,5)6/h11-16H,17-18H2,1-10H3. The Balaban J connectivity index is 2.18. The molecule has 0 aliphatic heterocycles. The summed E-state index contributed by atoms with van der Waals surface area (Å²) in [6.45, 7) is 20.5. The lowest BCUT2D eigenvalue weighted by atomic mass is 9.83. The predicted molar refractivity (Wildman–Crippen MR) is 131 cm³/mol. The second-order valence-corrected chi connectivity index (χ2v) is 12.6. The van der Waals surface area contributed by atoms with Crippen molar-refractivity contribution in [2.75, 3.05) is 0 Å². The summed E-state index contributed by atoms with van der Waals surface area (Å²) < 4.78 is 11.6. The number of carbonyl (C=O) groups excluding carboxylic acids is 2. The van der Waals surface area contributed by atoms with Crippen molar-refractivity contribution in [3.05, 3.63) is 47.5 Å². The highest BCUT2D eigenvalue weighted by Crippen LogP contribution is 2.32. The van der Waals surface area contributed by atoms with Crippen molar-refractivity contribution >= 4 is 22.7 Å². The number of carbonyl (C=O) groups is 2. The highest BCUT2D eigenvalue weighted by molar-refractivity contribution is 5.99. The average Bonchev–Trinajstić information content (AvgIpc) is 2.55. The van der Waals surface area contributed by atoms with E-state index in [0.29, 0.717) is 11.1 Å². The largest absolute Gasteiger partial charge is 0.456 e. The van der Waals surface area contributed by atoms with Crippen LogP contribution >= 0.6 is 0 Å². The van der Waals surface area contributed by atoms with Crippen LogP contribution < -0.4 is 0 Å². The summed E-state index contributed by atoms with van der Waals surface area (Å²) in [6.07, 6.45) is 1.52. The molecule has 0 unspecified atom stereocenters. The van der Waals surface area contributed by atoms with Gasteiger partial charge in [-0.15, -0.1) is 0 Å². The van der Waals surface area contributed by atoms with E-state index >= 15 is 0 Å². The van der Waals surface area contributed by atoms with E-state index in [0.717, 1.165) is 23.6 Å². The zero-order valence-corrected chi connectivity index (χ0v) is 21.5. The maximum atomic E-state index is 12.7. The van der Waals surface area contributed by atoms with Gasteiger partial charge in [-0.2, -0.15) is 0 Å². The second kappa shape index (κ2) is 8.88. The molecule has 0 aromatic heterocycles. The Morgan fingerprint density at radius 1 is 0.594 bits per heavy atom. The number of rotatable bonds is 6. The zero-order chi connectivity index (χ0) is 24.5. The summed E-state index contributed by atoms with van der Waals surface area (Å²) in [5.74, 6) is -0.679. The summed E-state index contributed by atoms with van der Waals surface area (Å²) in [5.41, 5.74) is -0.00311. The average molecular weight is 441 g/mol. The van der Waals surface area contributed by atoms with Crippen molar-refractivity contribution in [3.63, 3.8) is 0 Å². The molecular weight excluding hydrogens is 400 g/mol. The summed E-state index contributed by atoms with van der Waals surface area (Å²) in [5, 5.41) is 1.75. The predicted octanol–water partition coefficient (Wildman–Crippen LogP) is 7.58. The maximum absolute atomic E-state index is 12.7. The van der Waals surface area contributed by atoms with Gasteiger partial charge in [-0.25, -0.2) is 9.59 Å². The van der Waals surface area contributed by atoms with Crippen molar-refractivity contribution in [1.82, 2.24) is 0 Å². The number of benzene rings is 2. The van der Waals surface area contributed by atoms with Crippen LogP contribution in [0.3, 0.4) is 0 Å². The van der Waals surface area contributed by atoms with Crippen LogP contribution in [0.5, 0.6) is 0 Å². The number of fused-ring (bicyclic) bond motifs is 1. The molecule has 176 valence electrons. The molecule has 0 saturated heterocycles. The van der Waals surface area contributed by atoms with Crippen LogP contribution in [0.2, 0.25) is 0 Å². The van der Waals surface area contributed by atoms with Gasteiger partial charge in [0.1, 0.15) is 11.2 Å². The van der Waals surface area contributed by atoms with E-state index in [4.69, 9.17) is 9.47 Å². The molecular formula is C28H40O4. The van der Waals surface area contributed by atoms with E-state index < -0.39 is 11.2 Å². The minimum absolute atomic E-state index is 0.0552. The van der Waals surface area contributed by atoms with Crippen LogP contribution in [-0.4, -0.2) is 23.1 Å². The van der Waals surface area contributed by atoms with E-state index in [9.17, 15) is 9.59 Å². The molecule has 0 saturated carbocycles. The lowest BCUT2D eigenvalue weighted by Crippen LogP contribution is -2.33. The molecule has 0 heterocycles. The Bertz CT molecular complexity index is 903. The number of esters is 2. The van der Waals surface area contributed by atoms with Gasteiger partial charge in [0, 0.05) is 0 Å². The third-order valence-corrected chi connectivity index (χ3v) is 4.96. The lowest BCUT2D eigenvalue weighted by molar-refractivity contribution is -0.0192. The molecule has 0 spiro atoms. The van der Waals surface area contributed by atoms with Crippen molar-refractivity contribution in [2.24, 2.45) is 10.8 Å². The van der Waals surface area contributed by atoms with Crippen molar-refractivity contribution in [1.29, 1.82) is 0 Å². The molecule has 4 nitrogen and oxygen atoms in total. The van der Waals surface area contributed by atoms with Gasteiger partial charge in [-0.1, -0.05) is 53.7 Å². The first kappa shape index (κ1) is 25.9. The molecule has 0 radical (unpaired) electrons. The molecule has 0 amide bonds. The summed E-state index contributed by atoms with van der Waals surface area (Å²) >= 11 is 0. The Morgan fingerprint density at radius 2 is 0.906 bits per heavy atom. The Kier molecular flexibility index (Phi) is 7.19. The van der Waals surface area contributed by atoms with Crippen molar-refractivity contribution in [2.45, 2.75) is 93.3 Å². The highest BCUT2D eigenvalue weighted by Gasteiger charge is 2.31. The van der Waals surface area contributed by atoms with E-state index in [1.165, 1.54) is 0 Å². The fourth-order valence-corrected chi connectivity index (χ4v) is 4.75. The van der Waals surface area contributed by atoms with Gasteiger partial charge >= 0.3 is 11.9 Å². The monoisotopic (exact) mass is 440 g/mol. The summed E-state index contributed by atoms with van der Waals surface area (Å²) in [6, 6.07) is 10.8. The van der Waals surface area contributed by atoms with Crippen LogP contribution in [-0.2, 0) is 9.47 Å². The quantitative estimate of drug-likeness (QED) is 0.434. The fraction of sp³-hybridized carbons (Fsp3) is 0.571. The number of hydrogen-bond acceptors (Lipinski definition) is 4. The second-order valence-electron chi connectivity index (χ2n) is 12.6. The van der Waals surface area contributed by atoms with Crippen LogP contribution in [0, 0.1) is 10.8 Å². The first-order chi connectivity index (χ1) is 14.4. The van der Waals surface area contributed by atoms with Crippen LogP contribution in [0.25, 0.3) is 10.8 Å². The third kappa shape index (κ3) is 7.96. The van der Waals surface area contributed by atoms with Gasteiger partial charge in [0.05, 0.1) is 11.1 Å². The van der Waals surface area contributed by atoms with E-state index in [1.807, 2.05) is 52.0 Å². The molecule has 2 aromatic rings. The first-order valence-electron chi connectivity index (χ1n) is 11.4. The SMILES string of the molecule is CC(C)(C)CC(C)(C)OC(=O)c1ccc2cc(C(=O)OC(C)(C)CC(C)(C)C)ccc2c1. The molecule has 0 fully saturated rings. The first-order valence-corrected chi connectivity index (χ1v) is 11.4.